The number of amides is 1. The highest BCUT2D eigenvalue weighted by Gasteiger charge is 2.19. The highest BCUT2D eigenvalue weighted by Crippen LogP contribution is 2.12. The lowest BCUT2D eigenvalue weighted by Crippen LogP contribution is -2.45. The van der Waals surface area contributed by atoms with Gasteiger partial charge in [0, 0.05) is 6.42 Å². The minimum absolute atomic E-state index is 0.0686. The summed E-state index contributed by atoms with van der Waals surface area (Å²) in [7, 11) is 0. The van der Waals surface area contributed by atoms with Crippen molar-refractivity contribution in [3.8, 4) is 0 Å². The minimum atomic E-state index is -0.675. The summed E-state index contributed by atoms with van der Waals surface area (Å²) in [5, 5.41) is 22.8. The van der Waals surface area contributed by atoms with Crippen molar-refractivity contribution in [1.29, 1.82) is 0 Å². The minimum Gasteiger partial charge on any atom is -0.394 e. The van der Waals surface area contributed by atoms with E-state index in [1.54, 1.807) is 0 Å². The van der Waals surface area contributed by atoms with Crippen molar-refractivity contribution < 1.29 is 15.0 Å². The van der Waals surface area contributed by atoms with Crippen LogP contribution >= 0.6 is 0 Å². The van der Waals surface area contributed by atoms with Crippen molar-refractivity contribution >= 4 is 5.91 Å². The molecule has 0 aromatic heterocycles. The predicted molar refractivity (Wildman–Crippen MR) is 234 cm³/mol. The van der Waals surface area contributed by atoms with Crippen LogP contribution < -0.4 is 5.32 Å². The number of hydrogen-bond donors (Lipinski definition) is 3. The first kappa shape index (κ1) is 49.8. The van der Waals surface area contributed by atoms with Gasteiger partial charge in [0.05, 0.1) is 18.8 Å². The van der Waals surface area contributed by atoms with Gasteiger partial charge in [0.25, 0.3) is 0 Å². The molecule has 2 unspecified atom stereocenters. The maximum absolute atomic E-state index is 12.3. The Labute approximate surface area is 327 Å². The second kappa shape index (κ2) is 43.2. The second-order valence-corrected chi connectivity index (χ2v) is 13.7. The van der Waals surface area contributed by atoms with Crippen LogP contribution in [0.15, 0.2) is 122 Å². The molecule has 0 aliphatic heterocycles. The van der Waals surface area contributed by atoms with Crippen LogP contribution in [0.5, 0.6) is 0 Å². The molecule has 0 fully saturated rings. The Morgan fingerprint density at radius 1 is 0.472 bits per heavy atom. The number of rotatable bonds is 36. The van der Waals surface area contributed by atoms with E-state index in [2.05, 4.69) is 141 Å². The number of hydrogen-bond acceptors (Lipinski definition) is 3. The van der Waals surface area contributed by atoms with Gasteiger partial charge in [-0.15, -0.1) is 0 Å². The monoisotopic (exact) mass is 730 g/mol. The van der Waals surface area contributed by atoms with Gasteiger partial charge in [-0.1, -0.05) is 187 Å². The molecule has 3 N–H and O–H groups in total. The molecule has 4 heteroatoms. The Bertz CT molecular complexity index is 1100. The summed E-state index contributed by atoms with van der Waals surface area (Å²) >= 11 is 0. The molecule has 0 spiro atoms. The van der Waals surface area contributed by atoms with E-state index in [4.69, 9.17) is 0 Å². The zero-order valence-corrected chi connectivity index (χ0v) is 34.0. The summed E-state index contributed by atoms with van der Waals surface area (Å²) in [6.45, 7) is 4.15. The largest absolute Gasteiger partial charge is 0.394 e. The van der Waals surface area contributed by atoms with Crippen LogP contribution in [0.1, 0.15) is 162 Å². The molecule has 298 valence electrons. The highest BCUT2D eigenvalue weighted by molar-refractivity contribution is 5.76. The third kappa shape index (κ3) is 39.8. The topological polar surface area (TPSA) is 69.6 Å². The summed E-state index contributed by atoms with van der Waals surface area (Å²) < 4.78 is 0. The van der Waals surface area contributed by atoms with Crippen LogP contribution in [0.2, 0.25) is 0 Å². The summed E-state index contributed by atoms with van der Waals surface area (Å²) in [5.41, 5.74) is 0. The third-order valence-electron chi connectivity index (χ3n) is 8.74. The van der Waals surface area contributed by atoms with Crippen molar-refractivity contribution in [3.05, 3.63) is 122 Å². The molecule has 0 aliphatic carbocycles. The van der Waals surface area contributed by atoms with Gasteiger partial charge >= 0.3 is 0 Å². The lowest BCUT2D eigenvalue weighted by molar-refractivity contribution is -0.123. The number of carbonyl (C=O) groups excluding carboxylic acids is 1. The molecule has 0 aromatic rings. The predicted octanol–water partition coefficient (Wildman–Crippen LogP) is 13.4. The van der Waals surface area contributed by atoms with E-state index in [9.17, 15) is 15.0 Å². The number of aliphatic hydroxyl groups excluding tert-OH is 2. The Morgan fingerprint density at radius 3 is 1.25 bits per heavy atom. The Balaban J connectivity index is 3.69. The van der Waals surface area contributed by atoms with Crippen LogP contribution in [0, 0.1) is 0 Å². The normalized spacial score (nSPS) is 14.3. The molecular formula is C49H79NO3. The fourth-order valence-electron chi connectivity index (χ4n) is 5.50. The summed E-state index contributed by atoms with van der Waals surface area (Å²) in [5.74, 6) is -0.0686. The fraction of sp³-hybridized carbons (Fsp3) is 0.571. The van der Waals surface area contributed by atoms with Gasteiger partial charge < -0.3 is 15.5 Å². The van der Waals surface area contributed by atoms with E-state index in [-0.39, 0.29) is 12.5 Å². The Morgan fingerprint density at radius 2 is 0.830 bits per heavy atom. The van der Waals surface area contributed by atoms with Gasteiger partial charge in [0.1, 0.15) is 0 Å². The number of nitrogens with one attached hydrogen (secondary N) is 1. The molecule has 1 amide bonds. The van der Waals surface area contributed by atoms with Crippen molar-refractivity contribution in [1.82, 2.24) is 5.32 Å². The van der Waals surface area contributed by atoms with Crippen LogP contribution in [0.3, 0.4) is 0 Å². The second-order valence-electron chi connectivity index (χ2n) is 13.7. The van der Waals surface area contributed by atoms with Crippen LogP contribution in [-0.4, -0.2) is 34.9 Å². The summed E-state index contributed by atoms with van der Waals surface area (Å²) in [6.07, 6.45) is 67.2. The fourth-order valence-corrected chi connectivity index (χ4v) is 5.50. The van der Waals surface area contributed by atoms with Gasteiger partial charge in [0.2, 0.25) is 5.91 Å². The number of allylic oxidation sites excluding steroid dienone is 20. The quantitative estimate of drug-likeness (QED) is 0.0444. The first-order chi connectivity index (χ1) is 26.2. The maximum atomic E-state index is 12.3. The van der Waals surface area contributed by atoms with Crippen molar-refractivity contribution in [2.75, 3.05) is 6.61 Å². The molecular weight excluding hydrogens is 651 g/mol. The standard InChI is InChI=1S/C49H79NO3/c1-3-5-7-9-11-12-13-14-15-16-17-18-19-20-21-22-23-24-25-26-27-28-29-30-31-32-33-34-35-36-37-38-39-41-43-45-49(53)50-47(46-51)48(52)44-42-40-10-8-6-4-2/h5,7,11-12,14-15,17-18,20-21,23-24,26-27,29-30,32-33,35-36,47-48,51-52H,3-4,6,8-10,13,16,19,22,25,28,31,34,37-46H2,1-2H3,(H,50,53)/b7-5-,12-11-,15-14-,18-17-,21-20-,24-23-,27-26-,30-29-,33-32-,36-35-. The molecule has 53 heavy (non-hydrogen) atoms. The molecule has 0 heterocycles. The van der Waals surface area contributed by atoms with E-state index >= 15 is 0 Å². The summed E-state index contributed by atoms with van der Waals surface area (Å²) in [4.78, 5) is 12.3. The van der Waals surface area contributed by atoms with Crippen LogP contribution in [-0.2, 0) is 4.79 Å². The average molecular weight is 730 g/mol. The average Bonchev–Trinajstić information content (AvgIpc) is 3.16. The Kier molecular flexibility index (Phi) is 40.6. The summed E-state index contributed by atoms with van der Waals surface area (Å²) in [6, 6.07) is -0.555. The smallest absolute Gasteiger partial charge is 0.220 e. The zero-order chi connectivity index (χ0) is 38.6. The number of unbranched alkanes of at least 4 members (excludes halogenated alkanes) is 9. The van der Waals surface area contributed by atoms with E-state index in [0.29, 0.717) is 12.8 Å². The van der Waals surface area contributed by atoms with Crippen molar-refractivity contribution in [2.45, 2.75) is 174 Å². The molecule has 0 bridgehead atoms. The molecule has 2 atom stereocenters. The number of aliphatic hydroxyl groups is 2. The van der Waals surface area contributed by atoms with Gasteiger partial charge in [-0.2, -0.15) is 0 Å². The molecule has 0 aromatic carbocycles. The molecule has 0 aliphatic rings. The maximum Gasteiger partial charge on any atom is 0.220 e. The molecule has 0 saturated heterocycles. The van der Waals surface area contributed by atoms with Gasteiger partial charge in [-0.3, -0.25) is 4.79 Å². The SMILES string of the molecule is CC/C=C\C/C=C\C/C=C\C/C=C\C/C=C\C/C=C\C/C=C\C/C=C\C/C=C\C/C=C\CCCCCCC(=O)NC(CO)C(O)CCCCCCCC. The zero-order valence-electron chi connectivity index (χ0n) is 34.0. The van der Waals surface area contributed by atoms with Crippen molar-refractivity contribution in [3.63, 3.8) is 0 Å². The Hall–Kier alpha value is -3.21. The van der Waals surface area contributed by atoms with Gasteiger partial charge in [-0.05, 0) is 89.9 Å². The van der Waals surface area contributed by atoms with Crippen LogP contribution in [0.4, 0.5) is 0 Å². The lowest BCUT2D eigenvalue weighted by atomic mass is 10.0. The molecule has 4 nitrogen and oxygen atoms in total. The highest BCUT2D eigenvalue weighted by atomic mass is 16.3. The third-order valence-corrected chi connectivity index (χ3v) is 8.74. The molecule has 0 radical (unpaired) electrons. The van der Waals surface area contributed by atoms with Crippen LogP contribution in [0.25, 0.3) is 0 Å². The van der Waals surface area contributed by atoms with Gasteiger partial charge in [0.15, 0.2) is 0 Å². The first-order valence-corrected chi connectivity index (χ1v) is 21.2. The first-order valence-electron chi connectivity index (χ1n) is 21.2. The lowest BCUT2D eigenvalue weighted by Gasteiger charge is -2.22. The van der Waals surface area contributed by atoms with E-state index in [1.807, 2.05) is 0 Å². The molecule has 0 rings (SSSR count). The van der Waals surface area contributed by atoms with E-state index in [1.165, 1.54) is 25.7 Å². The van der Waals surface area contributed by atoms with Gasteiger partial charge in [-0.25, -0.2) is 0 Å². The molecule has 0 saturated carbocycles. The number of carbonyl (C=O) groups is 1. The van der Waals surface area contributed by atoms with Crippen molar-refractivity contribution in [2.24, 2.45) is 0 Å². The van der Waals surface area contributed by atoms with E-state index < -0.39 is 12.1 Å². The van der Waals surface area contributed by atoms with E-state index in [0.717, 1.165) is 109 Å².